The van der Waals surface area contributed by atoms with Crippen molar-refractivity contribution in [1.82, 2.24) is 4.98 Å². The third kappa shape index (κ3) is 2.42. The molecule has 100 valence electrons. The van der Waals surface area contributed by atoms with Crippen LogP contribution >= 0.6 is 0 Å². The molecule has 1 heterocycles. The Kier molecular flexibility index (Phi) is 3.02. The molecule has 1 N–H and O–H groups in total. The number of ketones is 1. The van der Waals surface area contributed by atoms with E-state index in [1.54, 1.807) is 12.1 Å². The van der Waals surface area contributed by atoms with Crippen LogP contribution in [0.1, 0.15) is 21.5 Å². The summed E-state index contributed by atoms with van der Waals surface area (Å²) in [5, 5.41) is 2.69. The number of fused-ring (bicyclic) bond motifs is 1. The number of pyridine rings is 1. The third-order valence-electron chi connectivity index (χ3n) is 3.23. The van der Waals surface area contributed by atoms with Crippen LogP contribution in [0.5, 0.6) is 0 Å². The molecule has 20 heavy (non-hydrogen) atoms. The highest BCUT2D eigenvalue weighted by atomic mass is 19.1. The summed E-state index contributed by atoms with van der Waals surface area (Å²) in [6.45, 7) is 0. The number of nitrogens with zero attached hydrogens (tertiary/aromatic N) is 1. The summed E-state index contributed by atoms with van der Waals surface area (Å²) >= 11 is 0. The van der Waals surface area contributed by atoms with Gasteiger partial charge in [0.15, 0.2) is 0 Å². The molecule has 1 aliphatic rings. The molecule has 0 aliphatic heterocycles. The molecule has 0 spiro atoms. The van der Waals surface area contributed by atoms with E-state index in [4.69, 9.17) is 0 Å². The minimum atomic E-state index is -0.697. The third-order valence-corrected chi connectivity index (χ3v) is 3.23. The maximum atomic E-state index is 13.0. The topological polar surface area (TPSA) is 59.1 Å². The number of rotatable bonds is 2. The van der Waals surface area contributed by atoms with Crippen LogP contribution in [-0.2, 0) is 17.6 Å². The zero-order valence-corrected chi connectivity index (χ0v) is 10.5. The minimum Gasteiger partial charge on any atom is -0.322 e. The standard InChI is InChI=1S/C15H11FN2O2/c16-14-8-10(3-4-17-14)15(20)18-12-2-1-9-6-13(19)7-11(9)5-12/h1-5,8H,6-7H2,(H,18,20). The number of carbonyl (C=O) groups is 2. The summed E-state index contributed by atoms with van der Waals surface area (Å²) in [7, 11) is 0. The first kappa shape index (κ1) is 12.5. The van der Waals surface area contributed by atoms with Crippen LogP contribution in [-0.4, -0.2) is 16.7 Å². The van der Waals surface area contributed by atoms with Crippen molar-refractivity contribution in [3.63, 3.8) is 0 Å². The number of Topliss-reactive ketones (excluding diaryl/α,β-unsaturated/α-hetero) is 1. The van der Waals surface area contributed by atoms with Crippen LogP contribution in [0, 0.1) is 5.95 Å². The number of hydrogen-bond acceptors (Lipinski definition) is 3. The molecule has 1 amide bonds. The Bertz CT molecular complexity index is 713. The second-order valence-electron chi connectivity index (χ2n) is 4.70. The molecule has 3 rings (SSSR count). The maximum absolute atomic E-state index is 13.0. The highest BCUT2D eigenvalue weighted by Crippen LogP contribution is 2.23. The van der Waals surface area contributed by atoms with Gasteiger partial charge in [0.2, 0.25) is 5.95 Å². The highest BCUT2D eigenvalue weighted by Gasteiger charge is 2.18. The maximum Gasteiger partial charge on any atom is 0.255 e. The Morgan fingerprint density at radius 3 is 2.75 bits per heavy atom. The Morgan fingerprint density at radius 1 is 1.15 bits per heavy atom. The van der Waals surface area contributed by atoms with Crippen LogP contribution in [0.4, 0.5) is 10.1 Å². The van der Waals surface area contributed by atoms with E-state index >= 15 is 0 Å². The average molecular weight is 270 g/mol. The smallest absolute Gasteiger partial charge is 0.255 e. The number of amides is 1. The van der Waals surface area contributed by atoms with Gasteiger partial charge in [0.25, 0.3) is 5.91 Å². The lowest BCUT2D eigenvalue weighted by atomic mass is 10.1. The van der Waals surface area contributed by atoms with Gasteiger partial charge in [-0.3, -0.25) is 9.59 Å². The number of halogens is 1. The summed E-state index contributed by atoms with van der Waals surface area (Å²) in [5.41, 5.74) is 2.74. The van der Waals surface area contributed by atoms with Crippen molar-refractivity contribution in [3.05, 3.63) is 59.2 Å². The molecule has 0 saturated carbocycles. The van der Waals surface area contributed by atoms with E-state index in [1.165, 1.54) is 12.3 Å². The van der Waals surface area contributed by atoms with E-state index in [-0.39, 0.29) is 11.3 Å². The second-order valence-corrected chi connectivity index (χ2v) is 4.70. The number of nitrogens with one attached hydrogen (secondary N) is 1. The molecule has 0 saturated heterocycles. The number of carbonyl (C=O) groups excluding carboxylic acids is 2. The number of hydrogen-bond donors (Lipinski definition) is 1. The molecule has 0 bridgehead atoms. The lowest BCUT2D eigenvalue weighted by Crippen LogP contribution is -2.12. The van der Waals surface area contributed by atoms with Gasteiger partial charge in [-0.25, -0.2) is 4.98 Å². The zero-order valence-electron chi connectivity index (χ0n) is 10.5. The fourth-order valence-corrected chi connectivity index (χ4v) is 2.28. The first-order valence-corrected chi connectivity index (χ1v) is 6.18. The van der Waals surface area contributed by atoms with E-state index in [0.29, 0.717) is 18.5 Å². The molecule has 0 fully saturated rings. The minimum absolute atomic E-state index is 0.180. The van der Waals surface area contributed by atoms with Gasteiger partial charge in [0, 0.05) is 36.4 Å². The first-order chi connectivity index (χ1) is 9.61. The Hall–Kier alpha value is -2.56. The summed E-state index contributed by atoms with van der Waals surface area (Å²) in [6.07, 6.45) is 2.10. The van der Waals surface area contributed by atoms with E-state index in [9.17, 15) is 14.0 Å². The van der Waals surface area contributed by atoms with Crippen molar-refractivity contribution in [1.29, 1.82) is 0 Å². The molecule has 4 nitrogen and oxygen atoms in total. The van der Waals surface area contributed by atoms with Crippen LogP contribution in [0.25, 0.3) is 0 Å². The van der Waals surface area contributed by atoms with Crippen molar-refractivity contribution < 1.29 is 14.0 Å². The molecule has 2 aromatic rings. The lowest BCUT2D eigenvalue weighted by molar-refractivity contribution is -0.117. The zero-order chi connectivity index (χ0) is 14.1. The Labute approximate surface area is 114 Å². The van der Waals surface area contributed by atoms with Gasteiger partial charge < -0.3 is 5.32 Å². The van der Waals surface area contributed by atoms with Gasteiger partial charge in [0.05, 0.1) is 0 Å². The summed E-state index contributed by atoms with van der Waals surface area (Å²) < 4.78 is 13.0. The number of aromatic nitrogens is 1. The van der Waals surface area contributed by atoms with Crippen LogP contribution < -0.4 is 5.32 Å². The van der Waals surface area contributed by atoms with Crippen molar-refractivity contribution >= 4 is 17.4 Å². The highest BCUT2D eigenvalue weighted by molar-refractivity contribution is 6.04. The summed E-state index contributed by atoms with van der Waals surface area (Å²) in [5.74, 6) is -0.924. The first-order valence-electron chi connectivity index (χ1n) is 6.18. The van der Waals surface area contributed by atoms with Crippen molar-refractivity contribution in [3.8, 4) is 0 Å². The molecule has 5 heteroatoms. The van der Waals surface area contributed by atoms with Gasteiger partial charge in [-0.2, -0.15) is 4.39 Å². The number of benzene rings is 1. The van der Waals surface area contributed by atoms with Crippen LogP contribution in [0.15, 0.2) is 36.5 Å². The normalized spacial score (nSPS) is 13.2. The summed E-state index contributed by atoms with van der Waals surface area (Å²) in [4.78, 5) is 26.7. The van der Waals surface area contributed by atoms with E-state index < -0.39 is 11.9 Å². The van der Waals surface area contributed by atoms with Gasteiger partial charge in [-0.1, -0.05) is 6.07 Å². The van der Waals surface area contributed by atoms with Gasteiger partial charge in [-0.15, -0.1) is 0 Å². The fraction of sp³-hybridized carbons (Fsp3) is 0.133. The van der Waals surface area contributed by atoms with E-state index in [2.05, 4.69) is 10.3 Å². The molecular weight excluding hydrogens is 259 g/mol. The Morgan fingerprint density at radius 2 is 1.95 bits per heavy atom. The van der Waals surface area contributed by atoms with Crippen LogP contribution in [0.3, 0.4) is 0 Å². The van der Waals surface area contributed by atoms with Gasteiger partial charge in [0.1, 0.15) is 5.78 Å². The molecule has 1 aromatic heterocycles. The molecule has 1 aliphatic carbocycles. The second kappa shape index (κ2) is 4.85. The van der Waals surface area contributed by atoms with Gasteiger partial charge >= 0.3 is 0 Å². The van der Waals surface area contributed by atoms with Crippen molar-refractivity contribution in [2.24, 2.45) is 0 Å². The van der Waals surface area contributed by atoms with Crippen molar-refractivity contribution in [2.45, 2.75) is 12.8 Å². The van der Waals surface area contributed by atoms with Crippen molar-refractivity contribution in [2.75, 3.05) is 5.32 Å². The quantitative estimate of drug-likeness (QED) is 0.850. The average Bonchev–Trinajstić information content (AvgIpc) is 2.78. The van der Waals surface area contributed by atoms with E-state index in [1.807, 2.05) is 6.07 Å². The van der Waals surface area contributed by atoms with Gasteiger partial charge in [-0.05, 0) is 29.3 Å². The van der Waals surface area contributed by atoms with E-state index in [0.717, 1.165) is 17.2 Å². The molecule has 0 atom stereocenters. The molecular formula is C15H11FN2O2. The molecule has 1 aromatic carbocycles. The number of anilines is 1. The summed E-state index contributed by atoms with van der Waals surface area (Å²) in [6, 6.07) is 7.88. The monoisotopic (exact) mass is 270 g/mol. The van der Waals surface area contributed by atoms with Crippen LogP contribution in [0.2, 0.25) is 0 Å². The predicted octanol–water partition coefficient (Wildman–Crippen LogP) is 2.14. The molecule has 0 unspecified atom stereocenters. The predicted molar refractivity (Wildman–Crippen MR) is 71.0 cm³/mol. The lowest BCUT2D eigenvalue weighted by Gasteiger charge is -2.07. The SMILES string of the molecule is O=C1Cc2ccc(NC(=O)c3ccnc(F)c3)cc2C1. The Balaban J connectivity index is 1.80. The largest absolute Gasteiger partial charge is 0.322 e. The molecule has 0 radical (unpaired) electrons. The fourth-order valence-electron chi connectivity index (χ4n) is 2.28.